The Labute approximate surface area is 79.9 Å². The second-order valence-corrected chi connectivity index (χ2v) is 9.38. The van der Waals surface area contributed by atoms with Crippen LogP contribution in [0.2, 0.25) is 19.0 Å². The smallest absolute Gasteiger partial charge is 0.189 e. The summed E-state index contributed by atoms with van der Waals surface area (Å²) in [5.74, 6) is 1.20. The number of rotatable bonds is 0. The fourth-order valence-electron chi connectivity index (χ4n) is 2.05. The number of fused-ring (bicyclic) bond motifs is 1. The van der Waals surface area contributed by atoms with E-state index < -0.39 is 8.07 Å². The predicted octanol–water partition coefficient (Wildman–Crippen LogP) is 1.59. The van der Waals surface area contributed by atoms with Gasteiger partial charge in [0, 0.05) is 0 Å². The van der Waals surface area contributed by atoms with E-state index in [9.17, 15) is 0 Å². The number of halogens is 1. The standard InChI is InChI=1S/C9H12BClSi/c1-12(2)7-10(11)8-5-3-4-6-9(8)12/h3-6H,7H2,1-2H3. The first-order chi connectivity index (χ1) is 5.61. The van der Waals surface area contributed by atoms with Crippen LogP contribution >= 0.6 is 11.5 Å². The zero-order chi connectivity index (χ0) is 8.77. The van der Waals surface area contributed by atoms with Crippen molar-refractivity contribution in [3.63, 3.8) is 0 Å². The second kappa shape index (κ2) is 2.64. The van der Waals surface area contributed by atoms with Crippen molar-refractivity contribution < 1.29 is 0 Å². The van der Waals surface area contributed by atoms with Gasteiger partial charge in [0.2, 0.25) is 0 Å². The Morgan fingerprint density at radius 3 is 2.67 bits per heavy atom. The highest BCUT2D eigenvalue weighted by atomic mass is 35.5. The molecule has 2 rings (SSSR count). The highest BCUT2D eigenvalue weighted by Crippen LogP contribution is 2.19. The molecule has 0 saturated carbocycles. The minimum Gasteiger partial charge on any atom is -0.189 e. The fourth-order valence-corrected chi connectivity index (χ4v) is 6.42. The average molecular weight is 195 g/mol. The van der Waals surface area contributed by atoms with Gasteiger partial charge >= 0.3 is 0 Å². The molecule has 0 aromatic heterocycles. The largest absolute Gasteiger partial charge is 0.280 e. The lowest BCUT2D eigenvalue weighted by Crippen LogP contribution is -2.41. The molecule has 0 unspecified atom stereocenters. The molecule has 0 amide bonds. The summed E-state index contributed by atoms with van der Waals surface area (Å²) in [5, 5.41) is 1.56. The van der Waals surface area contributed by atoms with Gasteiger partial charge in [-0.3, -0.25) is 0 Å². The van der Waals surface area contributed by atoms with Crippen LogP contribution in [0.5, 0.6) is 0 Å². The Morgan fingerprint density at radius 1 is 1.33 bits per heavy atom. The van der Waals surface area contributed by atoms with E-state index in [0.29, 0.717) is 0 Å². The Hall–Kier alpha value is -0.208. The van der Waals surface area contributed by atoms with E-state index in [1.165, 1.54) is 11.4 Å². The summed E-state index contributed by atoms with van der Waals surface area (Å²) < 4.78 is 0. The average Bonchev–Trinajstić information content (AvgIpc) is 2.25. The summed E-state index contributed by atoms with van der Waals surface area (Å²) in [6, 6.07) is 8.64. The Kier molecular flexibility index (Phi) is 1.85. The summed E-state index contributed by atoms with van der Waals surface area (Å²) in [6.45, 7) is 4.79. The molecule has 0 fully saturated rings. The summed E-state index contributed by atoms with van der Waals surface area (Å²) in [7, 11) is -1.16. The molecule has 1 aromatic rings. The zero-order valence-corrected chi connectivity index (χ0v) is 9.23. The third-order valence-corrected chi connectivity index (χ3v) is 6.71. The van der Waals surface area contributed by atoms with Gasteiger partial charge in [-0.05, 0) is 0 Å². The van der Waals surface area contributed by atoms with Gasteiger partial charge in [0.1, 0.15) is 0 Å². The van der Waals surface area contributed by atoms with Crippen LogP contribution in [0.4, 0.5) is 0 Å². The minimum absolute atomic E-state index is 0.280. The third-order valence-electron chi connectivity index (χ3n) is 2.72. The van der Waals surface area contributed by atoms with E-state index in [2.05, 4.69) is 37.4 Å². The van der Waals surface area contributed by atoms with Crippen LogP contribution in [0.1, 0.15) is 0 Å². The van der Waals surface area contributed by atoms with Crippen molar-refractivity contribution in [2.75, 3.05) is 0 Å². The van der Waals surface area contributed by atoms with E-state index in [1.54, 1.807) is 5.19 Å². The number of hydrogen-bond acceptors (Lipinski definition) is 0. The summed E-state index contributed by atoms with van der Waals surface area (Å²) in [5.41, 5.74) is 1.39. The molecule has 0 radical (unpaired) electrons. The SMILES string of the molecule is C[Si]1(C)CB(Cl)c2ccccc21. The van der Waals surface area contributed by atoms with Gasteiger partial charge in [0.15, 0.2) is 0 Å². The van der Waals surface area contributed by atoms with Crippen LogP contribution in [0, 0.1) is 0 Å². The molecule has 0 nitrogen and oxygen atoms in total. The molecule has 12 heavy (non-hydrogen) atoms. The highest BCUT2D eigenvalue weighted by molar-refractivity contribution is 7.25. The monoisotopic (exact) mass is 194 g/mol. The fraction of sp³-hybridized carbons (Fsp3) is 0.333. The molecule has 0 N–H and O–H groups in total. The molecular formula is C9H12BClSi. The van der Waals surface area contributed by atoms with Gasteiger partial charge in [-0.15, -0.1) is 0 Å². The Morgan fingerprint density at radius 2 is 2.00 bits per heavy atom. The highest BCUT2D eigenvalue weighted by Gasteiger charge is 2.39. The van der Waals surface area contributed by atoms with Crippen LogP contribution in [-0.4, -0.2) is 14.2 Å². The van der Waals surface area contributed by atoms with Crippen LogP contribution in [0.15, 0.2) is 24.3 Å². The first-order valence-electron chi connectivity index (χ1n) is 4.35. The van der Waals surface area contributed by atoms with E-state index in [-0.39, 0.29) is 6.13 Å². The predicted molar refractivity (Wildman–Crippen MR) is 59.6 cm³/mol. The van der Waals surface area contributed by atoms with Gasteiger partial charge in [0.05, 0.1) is 8.07 Å². The quantitative estimate of drug-likeness (QED) is 0.551. The Bertz CT molecular complexity index is 311. The topological polar surface area (TPSA) is 0 Å². The molecule has 1 aliphatic heterocycles. The van der Waals surface area contributed by atoms with Crippen molar-refractivity contribution in [3.05, 3.63) is 24.3 Å². The van der Waals surface area contributed by atoms with Gasteiger partial charge in [-0.25, -0.2) is 0 Å². The van der Waals surface area contributed by atoms with Crippen LogP contribution in [0.25, 0.3) is 0 Å². The second-order valence-electron chi connectivity index (χ2n) is 4.14. The van der Waals surface area contributed by atoms with Gasteiger partial charge in [-0.1, -0.05) is 54.0 Å². The van der Waals surface area contributed by atoms with Gasteiger partial charge in [-0.2, -0.15) is 11.5 Å². The summed E-state index contributed by atoms with van der Waals surface area (Å²) in [6.07, 6.45) is 0.280. The van der Waals surface area contributed by atoms with Gasteiger partial charge < -0.3 is 0 Å². The van der Waals surface area contributed by atoms with E-state index >= 15 is 0 Å². The lowest BCUT2D eigenvalue weighted by Gasteiger charge is -2.15. The first kappa shape index (κ1) is 8.39. The van der Waals surface area contributed by atoms with Crippen molar-refractivity contribution in [3.8, 4) is 0 Å². The first-order valence-corrected chi connectivity index (χ1v) is 7.99. The van der Waals surface area contributed by atoms with Crippen molar-refractivity contribution in [2.24, 2.45) is 0 Å². The molecule has 1 aromatic carbocycles. The maximum Gasteiger partial charge on any atom is 0.280 e. The molecule has 0 aliphatic carbocycles. The van der Waals surface area contributed by atoms with Crippen molar-refractivity contribution in [1.29, 1.82) is 0 Å². The maximum absolute atomic E-state index is 6.26. The van der Waals surface area contributed by atoms with Crippen molar-refractivity contribution >= 4 is 36.3 Å². The van der Waals surface area contributed by atoms with Crippen LogP contribution in [-0.2, 0) is 0 Å². The molecule has 0 spiro atoms. The molecule has 0 bridgehead atoms. The molecule has 1 aliphatic rings. The van der Waals surface area contributed by atoms with Gasteiger partial charge in [0.25, 0.3) is 6.13 Å². The Balaban J connectivity index is 2.58. The van der Waals surface area contributed by atoms with E-state index in [1.807, 2.05) is 0 Å². The van der Waals surface area contributed by atoms with E-state index in [4.69, 9.17) is 11.5 Å². The van der Waals surface area contributed by atoms with Crippen LogP contribution in [0.3, 0.4) is 0 Å². The summed E-state index contributed by atoms with van der Waals surface area (Å²) >= 11 is 6.26. The van der Waals surface area contributed by atoms with Crippen molar-refractivity contribution in [1.82, 2.24) is 0 Å². The molecule has 3 heteroatoms. The molecule has 0 atom stereocenters. The third kappa shape index (κ3) is 1.14. The minimum atomic E-state index is -1.16. The molecule has 1 heterocycles. The van der Waals surface area contributed by atoms with Crippen LogP contribution < -0.4 is 10.6 Å². The maximum atomic E-state index is 6.26. The zero-order valence-electron chi connectivity index (χ0n) is 7.47. The number of benzene rings is 1. The lowest BCUT2D eigenvalue weighted by atomic mass is 9.71. The normalized spacial score (nSPS) is 19.4. The van der Waals surface area contributed by atoms with Crippen molar-refractivity contribution in [2.45, 2.75) is 19.0 Å². The molecular weight excluding hydrogens is 182 g/mol. The molecule has 62 valence electrons. The number of hydrogen-bond donors (Lipinski definition) is 0. The van der Waals surface area contributed by atoms with E-state index in [0.717, 1.165) is 0 Å². The molecule has 0 saturated heterocycles. The lowest BCUT2D eigenvalue weighted by molar-refractivity contribution is 1.71. The summed E-state index contributed by atoms with van der Waals surface area (Å²) in [4.78, 5) is 0.